The number of para-hydroxylation sites is 1. The molecule has 2 aromatic rings. The van der Waals surface area contributed by atoms with Crippen molar-refractivity contribution in [3.8, 4) is 0 Å². The van der Waals surface area contributed by atoms with Crippen LogP contribution in [0, 0.1) is 5.92 Å². The van der Waals surface area contributed by atoms with Crippen molar-refractivity contribution < 1.29 is 19.2 Å². The normalized spacial score (nSPS) is 27.4. The van der Waals surface area contributed by atoms with E-state index in [0.717, 1.165) is 5.56 Å². The highest BCUT2D eigenvalue weighted by atomic mass is 16.2. The number of imide groups is 1. The van der Waals surface area contributed by atoms with Crippen molar-refractivity contribution in [3.63, 3.8) is 0 Å². The molecule has 5 rings (SSSR count). The smallest absolute Gasteiger partial charge is 0.319 e. The van der Waals surface area contributed by atoms with Crippen LogP contribution < -0.4 is 20.9 Å². The summed E-state index contributed by atoms with van der Waals surface area (Å²) >= 11 is 0. The van der Waals surface area contributed by atoms with Crippen molar-refractivity contribution in [2.45, 2.75) is 18.2 Å². The molecular formula is C21H19N5O4. The molecule has 9 heteroatoms. The van der Waals surface area contributed by atoms with Crippen LogP contribution in [0.4, 0.5) is 15.3 Å². The summed E-state index contributed by atoms with van der Waals surface area (Å²) in [6.45, 7) is 0.170. The zero-order valence-corrected chi connectivity index (χ0v) is 16.1. The summed E-state index contributed by atoms with van der Waals surface area (Å²) in [5.41, 5.74) is 0.380. The van der Waals surface area contributed by atoms with Crippen molar-refractivity contribution >= 4 is 29.6 Å². The molecule has 9 nitrogen and oxygen atoms in total. The molecule has 2 saturated heterocycles. The Morgan fingerprint density at radius 3 is 2.43 bits per heavy atom. The van der Waals surface area contributed by atoms with E-state index < -0.39 is 41.5 Å². The molecule has 0 bridgehead atoms. The molecule has 0 saturated carbocycles. The topological polar surface area (TPSA) is 111 Å². The Morgan fingerprint density at radius 2 is 1.67 bits per heavy atom. The largest absolute Gasteiger partial charge is 0.326 e. The Morgan fingerprint density at radius 1 is 0.967 bits per heavy atom. The fraction of sp³-hybridized carbons (Fsp3) is 0.238. The molecule has 3 unspecified atom stereocenters. The summed E-state index contributed by atoms with van der Waals surface area (Å²) in [5.74, 6) is -2.08. The Hall–Kier alpha value is -3.88. The summed E-state index contributed by atoms with van der Waals surface area (Å²) in [6.07, 6.45) is -0.983. The van der Waals surface area contributed by atoms with Gasteiger partial charge in [-0.1, -0.05) is 48.5 Å². The lowest BCUT2D eigenvalue weighted by atomic mass is 9.74. The minimum Gasteiger partial charge on any atom is -0.319 e. The van der Waals surface area contributed by atoms with Crippen molar-refractivity contribution in [3.05, 3.63) is 65.7 Å². The van der Waals surface area contributed by atoms with E-state index in [1.165, 1.54) is 9.80 Å². The molecule has 0 radical (unpaired) electrons. The third kappa shape index (κ3) is 2.35. The van der Waals surface area contributed by atoms with Crippen LogP contribution in [0.25, 0.3) is 0 Å². The Balaban J connectivity index is 1.64. The Bertz CT molecular complexity index is 1090. The average Bonchev–Trinajstić information content (AvgIpc) is 2.94. The first-order valence-electron chi connectivity index (χ1n) is 9.55. The fourth-order valence-electron chi connectivity index (χ4n) is 4.69. The zero-order chi connectivity index (χ0) is 21.0. The van der Waals surface area contributed by atoms with Gasteiger partial charge in [0.05, 0.1) is 0 Å². The number of likely N-dealkylation sites (N-methyl/N-ethyl adjacent to an activating group) is 1. The predicted molar refractivity (Wildman–Crippen MR) is 106 cm³/mol. The second-order valence-corrected chi connectivity index (χ2v) is 7.62. The molecule has 1 spiro atoms. The maximum Gasteiger partial charge on any atom is 0.326 e. The van der Waals surface area contributed by atoms with Crippen molar-refractivity contribution in [1.82, 2.24) is 20.9 Å². The van der Waals surface area contributed by atoms with E-state index in [9.17, 15) is 19.2 Å². The molecule has 2 aromatic carbocycles. The number of amides is 6. The number of fused-ring (bicyclic) bond motifs is 4. The molecular weight excluding hydrogens is 386 g/mol. The van der Waals surface area contributed by atoms with Gasteiger partial charge in [0.2, 0.25) is 5.91 Å². The van der Waals surface area contributed by atoms with Crippen LogP contribution in [-0.2, 0) is 21.7 Å². The summed E-state index contributed by atoms with van der Waals surface area (Å²) in [5, 5.41) is 7.77. The van der Waals surface area contributed by atoms with Crippen LogP contribution in [0.1, 0.15) is 11.1 Å². The Labute approximate surface area is 172 Å². The van der Waals surface area contributed by atoms with E-state index in [1.807, 2.05) is 30.3 Å². The maximum absolute atomic E-state index is 13.4. The molecule has 3 aliphatic heterocycles. The molecule has 3 heterocycles. The van der Waals surface area contributed by atoms with Crippen LogP contribution in [0.3, 0.4) is 0 Å². The highest BCUT2D eigenvalue weighted by Crippen LogP contribution is 2.47. The van der Waals surface area contributed by atoms with E-state index >= 15 is 0 Å². The van der Waals surface area contributed by atoms with Gasteiger partial charge in [0, 0.05) is 24.8 Å². The molecule has 3 N–H and O–H groups in total. The molecule has 6 amide bonds. The number of rotatable bonds is 2. The van der Waals surface area contributed by atoms with E-state index in [1.54, 1.807) is 31.3 Å². The van der Waals surface area contributed by atoms with E-state index in [2.05, 4.69) is 16.0 Å². The van der Waals surface area contributed by atoms with Crippen LogP contribution in [0.2, 0.25) is 0 Å². The summed E-state index contributed by atoms with van der Waals surface area (Å²) in [6, 6.07) is 15.0. The quantitative estimate of drug-likeness (QED) is 0.688. The van der Waals surface area contributed by atoms with Gasteiger partial charge in [0.25, 0.3) is 5.91 Å². The van der Waals surface area contributed by atoms with Crippen LogP contribution in [0.5, 0.6) is 0 Å². The minimum atomic E-state index is -1.60. The SMILES string of the molecule is CN1C(=O)C2(NC(=O)NC3C2C(=O)NC(=O)N3Cc2ccccc2)c2ccccc21. The number of nitrogens with zero attached hydrogens (tertiary/aromatic N) is 2. The second kappa shape index (κ2) is 6.31. The number of carbonyl (C=O) groups excluding carboxylic acids is 4. The molecule has 3 aliphatic rings. The molecule has 0 aromatic heterocycles. The highest BCUT2D eigenvalue weighted by molar-refractivity contribution is 6.14. The third-order valence-electron chi connectivity index (χ3n) is 6.01. The van der Waals surface area contributed by atoms with Crippen LogP contribution in [0.15, 0.2) is 54.6 Å². The van der Waals surface area contributed by atoms with Gasteiger partial charge in [-0.05, 0) is 11.6 Å². The number of hydrogen-bond donors (Lipinski definition) is 3. The number of anilines is 1. The van der Waals surface area contributed by atoms with Gasteiger partial charge in [-0.25, -0.2) is 9.59 Å². The second-order valence-electron chi connectivity index (χ2n) is 7.62. The standard InChI is InChI=1S/C21H19N5O4/c1-25-14-10-6-5-9-13(14)21(18(25)28)15-16(22-19(29)24-21)26(20(30)23-17(15)27)11-12-7-3-2-4-8-12/h2-10,15-16H,11H2,1H3,(H2,22,24,29)(H,23,27,30). The zero-order valence-electron chi connectivity index (χ0n) is 16.1. The molecule has 3 atom stereocenters. The predicted octanol–water partition coefficient (Wildman–Crippen LogP) is 0.865. The lowest BCUT2D eigenvalue weighted by Crippen LogP contribution is -2.78. The Kier molecular flexibility index (Phi) is 3.82. The van der Waals surface area contributed by atoms with Crippen LogP contribution in [-0.4, -0.2) is 42.0 Å². The van der Waals surface area contributed by atoms with Gasteiger partial charge in [0.15, 0.2) is 5.54 Å². The van der Waals surface area contributed by atoms with Crippen LogP contribution >= 0.6 is 0 Å². The van der Waals surface area contributed by atoms with Gasteiger partial charge < -0.3 is 15.5 Å². The van der Waals surface area contributed by atoms with E-state index in [0.29, 0.717) is 11.3 Å². The lowest BCUT2D eigenvalue weighted by Gasteiger charge is -2.50. The monoisotopic (exact) mass is 405 g/mol. The number of urea groups is 2. The maximum atomic E-state index is 13.4. The summed E-state index contributed by atoms with van der Waals surface area (Å²) < 4.78 is 0. The number of benzene rings is 2. The number of hydrogen-bond acceptors (Lipinski definition) is 4. The first-order valence-corrected chi connectivity index (χ1v) is 9.55. The number of carbonyl (C=O) groups is 4. The average molecular weight is 405 g/mol. The lowest BCUT2D eigenvalue weighted by molar-refractivity contribution is -0.142. The van der Waals surface area contributed by atoms with Gasteiger partial charge in [-0.15, -0.1) is 0 Å². The van der Waals surface area contributed by atoms with Crippen molar-refractivity contribution in [2.75, 3.05) is 11.9 Å². The van der Waals surface area contributed by atoms with Gasteiger partial charge in [-0.3, -0.25) is 19.8 Å². The summed E-state index contributed by atoms with van der Waals surface area (Å²) in [4.78, 5) is 54.7. The first kappa shape index (κ1) is 18.2. The highest BCUT2D eigenvalue weighted by Gasteiger charge is 2.65. The molecule has 2 fully saturated rings. The third-order valence-corrected chi connectivity index (χ3v) is 6.01. The molecule has 152 valence electrons. The molecule has 30 heavy (non-hydrogen) atoms. The summed E-state index contributed by atoms with van der Waals surface area (Å²) in [7, 11) is 1.60. The van der Waals surface area contributed by atoms with Gasteiger partial charge in [-0.2, -0.15) is 0 Å². The molecule has 0 aliphatic carbocycles. The van der Waals surface area contributed by atoms with E-state index in [4.69, 9.17) is 0 Å². The van der Waals surface area contributed by atoms with Crippen molar-refractivity contribution in [1.29, 1.82) is 0 Å². The van der Waals surface area contributed by atoms with E-state index in [-0.39, 0.29) is 6.54 Å². The minimum absolute atomic E-state index is 0.170. The van der Waals surface area contributed by atoms with Crippen molar-refractivity contribution in [2.24, 2.45) is 5.92 Å². The first-order chi connectivity index (χ1) is 14.4. The van der Waals surface area contributed by atoms with Gasteiger partial charge >= 0.3 is 12.1 Å². The fourth-order valence-corrected chi connectivity index (χ4v) is 4.69. The van der Waals surface area contributed by atoms with Gasteiger partial charge in [0.1, 0.15) is 12.1 Å². The number of nitrogens with one attached hydrogen (secondary N) is 3.